The minimum absolute atomic E-state index is 0.0516. The number of azide groups is 1. The van der Waals surface area contributed by atoms with Crippen LogP contribution in [0.15, 0.2) is 58.6 Å². The Bertz CT molecular complexity index is 1080. The van der Waals surface area contributed by atoms with Gasteiger partial charge >= 0.3 is 0 Å². The highest BCUT2D eigenvalue weighted by atomic mass is 16.5. The highest BCUT2D eigenvalue weighted by Gasteiger charge is 2.44. The molecule has 192 valence electrons. The lowest BCUT2D eigenvalue weighted by Crippen LogP contribution is -2.48. The van der Waals surface area contributed by atoms with Gasteiger partial charge in [-0.2, -0.15) is 0 Å². The number of aliphatic hydroxyl groups excluding tert-OH is 1. The lowest BCUT2D eigenvalue weighted by atomic mass is 9.90. The van der Waals surface area contributed by atoms with Crippen LogP contribution in [0.25, 0.3) is 10.4 Å². The zero-order chi connectivity index (χ0) is 25.8. The van der Waals surface area contributed by atoms with E-state index in [1.807, 2.05) is 38.1 Å². The molecule has 36 heavy (non-hydrogen) atoms. The fourth-order valence-electron chi connectivity index (χ4n) is 3.71. The van der Waals surface area contributed by atoms with Gasteiger partial charge in [0.1, 0.15) is 12.4 Å². The Kier molecular flexibility index (Phi) is 10.1. The second kappa shape index (κ2) is 13.5. The number of aliphatic hydroxyl groups is 1. The first-order valence-electron chi connectivity index (χ1n) is 12.1. The van der Waals surface area contributed by atoms with Gasteiger partial charge in [-0.05, 0) is 55.6 Å². The molecule has 0 saturated heterocycles. The fraction of sp³-hybridized carbons (Fsp3) is 0.462. The van der Waals surface area contributed by atoms with E-state index in [2.05, 4.69) is 15.3 Å². The smallest absolute Gasteiger partial charge is 0.251 e. The molecule has 10 nitrogen and oxygen atoms in total. The van der Waals surface area contributed by atoms with E-state index in [0.717, 1.165) is 0 Å². The van der Waals surface area contributed by atoms with Crippen molar-refractivity contribution in [1.82, 2.24) is 5.32 Å². The van der Waals surface area contributed by atoms with Gasteiger partial charge in [-0.25, -0.2) is 4.99 Å². The molecule has 0 aromatic heterocycles. The van der Waals surface area contributed by atoms with Crippen molar-refractivity contribution >= 4 is 17.5 Å². The molecule has 0 fully saturated rings. The number of amides is 1. The van der Waals surface area contributed by atoms with Crippen LogP contribution in [-0.2, 0) is 20.7 Å². The first-order chi connectivity index (χ1) is 17.5. The third-order valence-corrected chi connectivity index (χ3v) is 5.54. The van der Waals surface area contributed by atoms with Gasteiger partial charge in [0.15, 0.2) is 5.54 Å². The Morgan fingerprint density at radius 3 is 2.72 bits per heavy atom. The van der Waals surface area contributed by atoms with Crippen molar-refractivity contribution in [3.8, 4) is 5.75 Å². The number of hydrogen-bond donors (Lipinski definition) is 2. The highest BCUT2D eigenvalue weighted by Crippen LogP contribution is 2.31. The van der Waals surface area contributed by atoms with E-state index in [1.165, 1.54) is 0 Å². The quantitative estimate of drug-likeness (QED) is 0.176. The summed E-state index contributed by atoms with van der Waals surface area (Å²) in [6.07, 6.45) is 1.56. The second-order valence-corrected chi connectivity index (χ2v) is 8.71. The molecular weight excluding hydrogens is 462 g/mol. The number of ether oxygens (including phenoxy) is 3. The lowest BCUT2D eigenvalue weighted by Gasteiger charge is -2.24. The van der Waals surface area contributed by atoms with Crippen molar-refractivity contribution in [1.29, 1.82) is 0 Å². The van der Waals surface area contributed by atoms with Gasteiger partial charge in [0.25, 0.3) is 5.91 Å². The van der Waals surface area contributed by atoms with Crippen molar-refractivity contribution in [2.45, 2.75) is 44.8 Å². The van der Waals surface area contributed by atoms with Crippen LogP contribution in [0.2, 0.25) is 0 Å². The largest absolute Gasteiger partial charge is 0.494 e. The van der Waals surface area contributed by atoms with E-state index in [4.69, 9.17) is 29.8 Å². The van der Waals surface area contributed by atoms with Gasteiger partial charge in [-0.3, -0.25) is 4.79 Å². The van der Waals surface area contributed by atoms with E-state index in [9.17, 15) is 4.79 Å². The molecule has 0 saturated carbocycles. The number of benzene rings is 2. The SMILES string of the molecule is CC(C)OCCCNC(=O)[C@@]1(Cc2ccccc2N=[N+]=[N-])COC(c2ccc(OCCCO)cc2)=N1. The number of hydrogen-bond acceptors (Lipinski definition) is 7. The maximum Gasteiger partial charge on any atom is 0.251 e. The average Bonchev–Trinajstić information content (AvgIpc) is 3.31. The second-order valence-electron chi connectivity index (χ2n) is 8.71. The van der Waals surface area contributed by atoms with Crippen molar-refractivity contribution in [3.05, 3.63) is 70.1 Å². The molecule has 1 heterocycles. The van der Waals surface area contributed by atoms with Crippen LogP contribution in [0.1, 0.15) is 37.8 Å². The molecule has 1 atom stereocenters. The van der Waals surface area contributed by atoms with Crippen LogP contribution in [-0.4, -0.2) is 61.5 Å². The third-order valence-electron chi connectivity index (χ3n) is 5.54. The molecule has 1 aliphatic heterocycles. The number of aliphatic imine (C=N–C) groups is 1. The summed E-state index contributed by atoms with van der Waals surface area (Å²) < 4.78 is 17.1. The van der Waals surface area contributed by atoms with Gasteiger partial charge in [0.05, 0.1) is 12.7 Å². The Labute approximate surface area is 210 Å². The van der Waals surface area contributed by atoms with E-state index >= 15 is 0 Å². The molecule has 2 N–H and O–H groups in total. The zero-order valence-corrected chi connectivity index (χ0v) is 20.7. The van der Waals surface area contributed by atoms with Crippen molar-refractivity contribution in [2.75, 3.05) is 33.0 Å². The van der Waals surface area contributed by atoms with Crippen molar-refractivity contribution < 1.29 is 24.1 Å². The summed E-state index contributed by atoms with van der Waals surface area (Å²) in [5.41, 5.74) is 9.61. The number of carbonyl (C=O) groups is 1. The molecule has 10 heteroatoms. The summed E-state index contributed by atoms with van der Waals surface area (Å²) in [5, 5.41) is 15.7. The summed E-state index contributed by atoms with van der Waals surface area (Å²) in [6, 6.07) is 14.4. The Balaban J connectivity index is 1.81. The Hall–Kier alpha value is -3.59. The maximum absolute atomic E-state index is 13.4. The first kappa shape index (κ1) is 27.0. The predicted octanol–water partition coefficient (Wildman–Crippen LogP) is 4.08. The summed E-state index contributed by atoms with van der Waals surface area (Å²) in [6.45, 7) is 5.46. The van der Waals surface area contributed by atoms with Crippen LogP contribution >= 0.6 is 0 Å². The van der Waals surface area contributed by atoms with Gasteiger partial charge in [-0.1, -0.05) is 29.4 Å². The molecule has 0 spiro atoms. The van der Waals surface area contributed by atoms with Gasteiger partial charge in [0.2, 0.25) is 5.90 Å². The molecule has 1 amide bonds. The van der Waals surface area contributed by atoms with Crippen molar-refractivity contribution in [2.24, 2.45) is 10.1 Å². The van der Waals surface area contributed by atoms with E-state index < -0.39 is 5.54 Å². The van der Waals surface area contributed by atoms with Gasteiger partial charge < -0.3 is 24.6 Å². The highest BCUT2D eigenvalue weighted by molar-refractivity contribution is 6.00. The Morgan fingerprint density at radius 1 is 1.22 bits per heavy atom. The standard InChI is InChI=1S/C26H33N5O5/c1-19(2)34-15-5-13-28-25(33)26(17-21-7-3-4-8-23(21)30-31-27)18-36-24(29-26)20-9-11-22(12-10-20)35-16-6-14-32/h3-4,7-12,19,32H,5-6,13-18H2,1-2H3,(H,28,33)/t26-/m1/s1. The molecule has 2 aromatic carbocycles. The monoisotopic (exact) mass is 495 g/mol. The normalized spacial score (nSPS) is 16.7. The van der Waals surface area contributed by atoms with E-state index in [1.54, 1.807) is 24.3 Å². The molecule has 0 radical (unpaired) electrons. The van der Waals surface area contributed by atoms with Crippen LogP contribution in [0.5, 0.6) is 5.75 Å². The van der Waals surface area contributed by atoms with Crippen LogP contribution in [0, 0.1) is 0 Å². The van der Waals surface area contributed by atoms with E-state index in [-0.39, 0.29) is 31.6 Å². The molecule has 1 aliphatic rings. The number of rotatable bonds is 14. The zero-order valence-electron chi connectivity index (χ0n) is 20.7. The third kappa shape index (κ3) is 7.45. The Morgan fingerprint density at radius 2 is 2.00 bits per heavy atom. The molecule has 3 rings (SSSR count). The minimum Gasteiger partial charge on any atom is -0.494 e. The average molecular weight is 496 g/mol. The predicted molar refractivity (Wildman–Crippen MR) is 137 cm³/mol. The molecule has 0 bridgehead atoms. The minimum atomic E-state index is -1.22. The molecule has 0 unspecified atom stereocenters. The summed E-state index contributed by atoms with van der Waals surface area (Å²) in [5.74, 6) is 0.764. The first-order valence-corrected chi connectivity index (χ1v) is 12.1. The molecule has 2 aromatic rings. The summed E-state index contributed by atoms with van der Waals surface area (Å²) in [7, 11) is 0. The lowest BCUT2D eigenvalue weighted by molar-refractivity contribution is -0.126. The number of nitrogens with one attached hydrogen (secondary N) is 1. The van der Waals surface area contributed by atoms with E-state index in [0.29, 0.717) is 61.1 Å². The number of nitrogens with zero attached hydrogens (tertiary/aromatic N) is 4. The molecular formula is C26H33N5O5. The summed E-state index contributed by atoms with van der Waals surface area (Å²) in [4.78, 5) is 21.1. The maximum atomic E-state index is 13.4. The van der Waals surface area contributed by atoms with Crippen LogP contribution < -0.4 is 10.1 Å². The van der Waals surface area contributed by atoms with Crippen molar-refractivity contribution in [3.63, 3.8) is 0 Å². The molecule has 0 aliphatic carbocycles. The van der Waals surface area contributed by atoms with Gasteiger partial charge in [0, 0.05) is 48.8 Å². The fourth-order valence-corrected chi connectivity index (χ4v) is 3.71. The van der Waals surface area contributed by atoms with Crippen LogP contribution in [0.4, 0.5) is 5.69 Å². The number of carbonyl (C=O) groups excluding carboxylic acids is 1. The topological polar surface area (TPSA) is 138 Å². The van der Waals surface area contributed by atoms with Crippen LogP contribution in [0.3, 0.4) is 0 Å². The summed E-state index contributed by atoms with van der Waals surface area (Å²) >= 11 is 0. The van der Waals surface area contributed by atoms with Gasteiger partial charge in [-0.15, -0.1) is 0 Å².